The van der Waals surface area contributed by atoms with Crippen molar-refractivity contribution in [3.05, 3.63) is 53.6 Å². The van der Waals surface area contributed by atoms with Crippen LogP contribution in [0.3, 0.4) is 0 Å². The number of methoxy groups -OCH3 is 1. The van der Waals surface area contributed by atoms with Crippen LogP contribution in [0.5, 0.6) is 5.75 Å². The number of aryl methyl sites for hydroxylation is 1. The molecule has 0 amide bonds. The first-order valence-electron chi connectivity index (χ1n) is 5.38. The Labute approximate surface area is 101 Å². The van der Waals surface area contributed by atoms with Crippen LogP contribution in [0.15, 0.2) is 36.8 Å². The first kappa shape index (κ1) is 11.3. The molecule has 3 heteroatoms. The zero-order valence-corrected chi connectivity index (χ0v) is 9.92. The van der Waals surface area contributed by atoms with Gasteiger partial charge in [-0.3, -0.25) is 9.97 Å². The molecule has 1 aromatic carbocycles. The average Bonchev–Trinajstić information content (AvgIpc) is 2.38. The molecular weight excluding hydrogens is 212 g/mol. The predicted octanol–water partition coefficient (Wildman–Crippen LogP) is 2.96. The van der Waals surface area contributed by atoms with Crippen LogP contribution in [0.1, 0.15) is 16.8 Å². The van der Waals surface area contributed by atoms with Crippen LogP contribution in [0.2, 0.25) is 0 Å². The molecule has 3 nitrogen and oxygen atoms in total. The maximum atomic E-state index is 5.17. The van der Waals surface area contributed by atoms with Crippen LogP contribution in [-0.4, -0.2) is 17.1 Å². The molecule has 1 aromatic heterocycles. The molecule has 0 aliphatic rings. The summed E-state index contributed by atoms with van der Waals surface area (Å²) in [5.41, 5.74) is 3.17. The molecule has 0 aliphatic heterocycles. The quantitative estimate of drug-likeness (QED) is 0.807. The van der Waals surface area contributed by atoms with Gasteiger partial charge >= 0.3 is 0 Å². The molecule has 0 saturated carbocycles. The van der Waals surface area contributed by atoms with E-state index in [1.165, 1.54) is 5.56 Å². The molecule has 86 valence electrons. The molecule has 0 fully saturated rings. The SMILES string of the molecule is COc1ccc(/C=C/c2cnccn2)c(C)c1. The lowest BCUT2D eigenvalue weighted by molar-refractivity contribution is 0.414. The first-order valence-corrected chi connectivity index (χ1v) is 5.38. The summed E-state index contributed by atoms with van der Waals surface area (Å²) in [6.07, 6.45) is 9.05. The van der Waals surface area contributed by atoms with Gasteiger partial charge in [0.1, 0.15) is 5.75 Å². The lowest BCUT2D eigenvalue weighted by atomic mass is 10.1. The maximum Gasteiger partial charge on any atom is 0.119 e. The van der Waals surface area contributed by atoms with Gasteiger partial charge in [0.05, 0.1) is 19.0 Å². The highest BCUT2D eigenvalue weighted by molar-refractivity contribution is 5.69. The number of nitrogens with zero attached hydrogens (tertiary/aromatic N) is 2. The van der Waals surface area contributed by atoms with Crippen molar-refractivity contribution in [3.8, 4) is 5.75 Å². The Balaban J connectivity index is 2.22. The topological polar surface area (TPSA) is 35.0 Å². The first-order chi connectivity index (χ1) is 8.29. The number of rotatable bonds is 3. The van der Waals surface area contributed by atoms with Gasteiger partial charge < -0.3 is 4.74 Å². The van der Waals surface area contributed by atoms with Gasteiger partial charge in [0, 0.05) is 12.4 Å². The number of hydrogen-bond donors (Lipinski definition) is 0. The van der Waals surface area contributed by atoms with Crippen LogP contribution >= 0.6 is 0 Å². The Morgan fingerprint density at radius 1 is 1.18 bits per heavy atom. The van der Waals surface area contributed by atoms with Crippen LogP contribution < -0.4 is 4.74 Å². The lowest BCUT2D eigenvalue weighted by Crippen LogP contribution is -1.86. The molecule has 0 atom stereocenters. The summed E-state index contributed by atoms with van der Waals surface area (Å²) in [7, 11) is 1.67. The van der Waals surface area contributed by atoms with E-state index in [9.17, 15) is 0 Å². The second-order valence-corrected chi connectivity index (χ2v) is 3.69. The third-order valence-electron chi connectivity index (χ3n) is 2.49. The molecule has 0 spiro atoms. The van der Waals surface area contributed by atoms with Gasteiger partial charge in [0.2, 0.25) is 0 Å². The van der Waals surface area contributed by atoms with Crippen molar-refractivity contribution >= 4 is 12.2 Å². The standard InChI is InChI=1S/C14H14N2O/c1-11-9-14(17-2)6-4-12(11)3-5-13-10-15-7-8-16-13/h3-10H,1-2H3/b5-3+. The Kier molecular flexibility index (Phi) is 3.50. The molecule has 0 radical (unpaired) electrons. The molecule has 0 N–H and O–H groups in total. The van der Waals surface area contributed by atoms with Crippen molar-refractivity contribution < 1.29 is 4.74 Å². The van der Waals surface area contributed by atoms with Gasteiger partial charge in [-0.1, -0.05) is 12.1 Å². The normalized spacial score (nSPS) is 10.7. The van der Waals surface area contributed by atoms with Crippen molar-refractivity contribution in [1.29, 1.82) is 0 Å². The van der Waals surface area contributed by atoms with Gasteiger partial charge in [-0.15, -0.1) is 0 Å². The van der Waals surface area contributed by atoms with Crippen molar-refractivity contribution in [2.45, 2.75) is 6.92 Å². The van der Waals surface area contributed by atoms with E-state index < -0.39 is 0 Å². The molecule has 2 rings (SSSR count). The summed E-state index contributed by atoms with van der Waals surface area (Å²) in [5, 5.41) is 0. The fourth-order valence-electron chi connectivity index (χ4n) is 1.53. The number of ether oxygens (including phenoxy) is 1. The van der Waals surface area contributed by atoms with E-state index in [-0.39, 0.29) is 0 Å². The van der Waals surface area contributed by atoms with Gasteiger partial charge in [-0.2, -0.15) is 0 Å². The minimum absolute atomic E-state index is 0.850. The average molecular weight is 226 g/mol. The predicted molar refractivity (Wildman–Crippen MR) is 68.7 cm³/mol. The summed E-state index contributed by atoms with van der Waals surface area (Å²) in [6, 6.07) is 5.99. The third kappa shape index (κ3) is 2.91. The summed E-state index contributed by atoms with van der Waals surface area (Å²) in [5.74, 6) is 0.874. The Bertz CT molecular complexity index is 521. The minimum atomic E-state index is 0.850. The smallest absolute Gasteiger partial charge is 0.119 e. The molecule has 0 unspecified atom stereocenters. The second kappa shape index (κ2) is 5.25. The lowest BCUT2D eigenvalue weighted by Gasteiger charge is -2.03. The number of benzene rings is 1. The minimum Gasteiger partial charge on any atom is -0.497 e. The van der Waals surface area contributed by atoms with E-state index in [0.29, 0.717) is 0 Å². The molecule has 2 aromatic rings. The second-order valence-electron chi connectivity index (χ2n) is 3.69. The van der Waals surface area contributed by atoms with Gasteiger partial charge in [0.25, 0.3) is 0 Å². The fraction of sp³-hybridized carbons (Fsp3) is 0.143. The van der Waals surface area contributed by atoms with Crippen molar-refractivity contribution in [2.24, 2.45) is 0 Å². The van der Waals surface area contributed by atoms with E-state index in [4.69, 9.17) is 4.74 Å². The van der Waals surface area contributed by atoms with Crippen molar-refractivity contribution in [1.82, 2.24) is 9.97 Å². The Morgan fingerprint density at radius 3 is 2.71 bits per heavy atom. The van der Waals surface area contributed by atoms with Crippen molar-refractivity contribution in [2.75, 3.05) is 7.11 Å². The monoisotopic (exact) mass is 226 g/mol. The molecule has 1 heterocycles. The maximum absolute atomic E-state index is 5.17. The Morgan fingerprint density at radius 2 is 2.06 bits per heavy atom. The summed E-state index contributed by atoms with van der Waals surface area (Å²) in [6.45, 7) is 2.05. The molecular formula is C14H14N2O. The van der Waals surface area contributed by atoms with Gasteiger partial charge in [-0.25, -0.2) is 0 Å². The fourth-order valence-corrected chi connectivity index (χ4v) is 1.53. The number of hydrogen-bond acceptors (Lipinski definition) is 3. The van der Waals surface area contributed by atoms with Crippen LogP contribution in [0.25, 0.3) is 12.2 Å². The zero-order valence-electron chi connectivity index (χ0n) is 9.92. The Hall–Kier alpha value is -2.16. The van der Waals surface area contributed by atoms with Crippen LogP contribution in [0.4, 0.5) is 0 Å². The summed E-state index contributed by atoms with van der Waals surface area (Å²) in [4.78, 5) is 8.20. The van der Waals surface area contributed by atoms with Gasteiger partial charge in [-0.05, 0) is 36.3 Å². The highest BCUT2D eigenvalue weighted by Crippen LogP contribution is 2.18. The number of aromatic nitrogens is 2. The molecule has 0 aliphatic carbocycles. The van der Waals surface area contributed by atoms with Crippen LogP contribution in [-0.2, 0) is 0 Å². The molecule has 17 heavy (non-hydrogen) atoms. The largest absolute Gasteiger partial charge is 0.497 e. The zero-order chi connectivity index (χ0) is 12.1. The van der Waals surface area contributed by atoms with Crippen LogP contribution in [0, 0.1) is 6.92 Å². The summed E-state index contributed by atoms with van der Waals surface area (Å²) < 4.78 is 5.17. The molecule has 0 bridgehead atoms. The third-order valence-corrected chi connectivity index (χ3v) is 2.49. The van der Waals surface area contributed by atoms with E-state index in [1.807, 2.05) is 30.4 Å². The van der Waals surface area contributed by atoms with Gasteiger partial charge in [0.15, 0.2) is 0 Å². The summed E-state index contributed by atoms with van der Waals surface area (Å²) >= 11 is 0. The molecule has 0 saturated heterocycles. The van der Waals surface area contributed by atoms with Crippen molar-refractivity contribution in [3.63, 3.8) is 0 Å². The highest BCUT2D eigenvalue weighted by atomic mass is 16.5. The van der Waals surface area contributed by atoms with E-state index >= 15 is 0 Å². The highest BCUT2D eigenvalue weighted by Gasteiger charge is 1.97. The van der Waals surface area contributed by atoms with E-state index in [1.54, 1.807) is 25.7 Å². The van der Waals surface area contributed by atoms with E-state index in [0.717, 1.165) is 17.0 Å². The van der Waals surface area contributed by atoms with E-state index in [2.05, 4.69) is 16.9 Å².